The third-order valence-corrected chi connectivity index (χ3v) is 5.30. The Bertz CT molecular complexity index is 1490. The van der Waals surface area contributed by atoms with Gasteiger partial charge in [-0.2, -0.15) is 5.10 Å². The highest BCUT2D eigenvalue weighted by Crippen LogP contribution is 2.28. The topological polar surface area (TPSA) is 59.8 Å². The van der Waals surface area contributed by atoms with Crippen LogP contribution in [0.15, 0.2) is 79.0 Å². The second-order valence-electron chi connectivity index (χ2n) is 7.34. The van der Waals surface area contributed by atoms with Gasteiger partial charge in [0.05, 0.1) is 28.5 Å². The van der Waals surface area contributed by atoms with Crippen molar-refractivity contribution in [2.45, 2.75) is 6.92 Å². The van der Waals surface area contributed by atoms with E-state index in [0.717, 1.165) is 27.6 Å². The maximum atomic E-state index is 12.7. The minimum absolute atomic E-state index is 0.361. The summed E-state index contributed by atoms with van der Waals surface area (Å²) in [6, 6.07) is 26.2. The largest absolute Gasteiger partial charge is 0.281 e. The molecule has 0 spiro atoms. The molecule has 0 aliphatic heterocycles. The minimum Gasteiger partial charge on any atom is -0.281 e. The van der Waals surface area contributed by atoms with E-state index in [1.165, 1.54) is 0 Å². The fourth-order valence-electron chi connectivity index (χ4n) is 3.69. The summed E-state index contributed by atoms with van der Waals surface area (Å²) in [5, 5.41) is 9.83. The van der Waals surface area contributed by atoms with E-state index in [4.69, 9.17) is 11.4 Å². The summed E-state index contributed by atoms with van der Waals surface area (Å²) in [6.07, 6.45) is 6.96. The standard InChI is InChI=1S/C26H18N4O/c1-3-27-26(31)22-15-24(20-11-10-18-6-4-5-7-19(18)14-20)29-25-23(22)16-28-30(25)21-12-8-17(2)9-13-21/h1,4-16H,2H3,(H,27,31). The van der Waals surface area contributed by atoms with Crippen LogP contribution in [0.25, 0.3) is 38.8 Å². The molecule has 0 radical (unpaired) electrons. The number of hydrogen-bond donors (Lipinski definition) is 1. The number of pyridine rings is 1. The highest BCUT2D eigenvalue weighted by atomic mass is 16.1. The maximum Gasteiger partial charge on any atom is 0.263 e. The fraction of sp³-hybridized carbons (Fsp3) is 0.0385. The Labute approximate surface area is 179 Å². The van der Waals surface area contributed by atoms with Gasteiger partial charge in [0.15, 0.2) is 5.65 Å². The molecule has 2 heterocycles. The first kappa shape index (κ1) is 18.6. The average Bonchev–Trinajstić information content (AvgIpc) is 3.23. The normalized spacial score (nSPS) is 10.8. The number of hydrogen-bond acceptors (Lipinski definition) is 3. The van der Waals surface area contributed by atoms with E-state index in [1.807, 2.05) is 49.4 Å². The number of carbonyl (C=O) groups is 1. The molecule has 2 aromatic heterocycles. The molecular weight excluding hydrogens is 384 g/mol. The molecule has 5 aromatic rings. The first-order chi connectivity index (χ1) is 15.1. The Morgan fingerprint density at radius 2 is 1.77 bits per heavy atom. The molecule has 5 nitrogen and oxygen atoms in total. The molecule has 0 aliphatic carbocycles. The van der Waals surface area contributed by atoms with Crippen LogP contribution in [0.2, 0.25) is 0 Å². The summed E-state index contributed by atoms with van der Waals surface area (Å²) in [7, 11) is 0. The van der Waals surface area contributed by atoms with Crippen molar-refractivity contribution in [2.75, 3.05) is 0 Å². The number of aryl methyl sites for hydroxylation is 1. The van der Waals surface area contributed by atoms with Crippen LogP contribution in [0.3, 0.4) is 0 Å². The predicted molar refractivity (Wildman–Crippen MR) is 123 cm³/mol. The lowest BCUT2D eigenvalue weighted by Gasteiger charge is -2.09. The van der Waals surface area contributed by atoms with E-state index in [0.29, 0.717) is 22.3 Å². The number of benzene rings is 3. The molecule has 0 aliphatic rings. The van der Waals surface area contributed by atoms with Crippen LogP contribution in [0, 0.1) is 19.4 Å². The van der Waals surface area contributed by atoms with Crippen molar-refractivity contribution < 1.29 is 4.79 Å². The molecule has 0 unspecified atom stereocenters. The molecule has 31 heavy (non-hydrogen) atoms. The molecular formula is C26H18N4O. The zero-order chi connectivity index (χ0) is 21.4. The van der Waals surface area contributed by atoms with Crippen molar-refractivity contribution >= 4 is 27.7 Å². The fourth-order valence-corrected chi connectivity index (χ4v) is 3.69. The van der Waals surface area contributed by atoms with Crippen LogP contribution in [0.5, 0.6) is 0 Å². The molecule has 0 saturated carbocycles. The van der Waals surface area contributed by atoms with Gasteiger partial charge in [-0.1, -0.05) is 60.5 Å². The molecule has 0 atom stereocenters. The second-order valence-corrected chi connectivity index (χ2v) is 7.34. The summed E-state index contributed by atoms with van der Waals surface area (Å²) in [5.74, 6) is -0.361. The number of aromatic nitrogens is 3. The number of amides is 1. The van der Waals surface area contributed by atoms with Gasteiger partial charge in [-0.05, 0) is 42.0 Å². The van der Waals surface area contributed by atoms with Gasteiger partial charge in [-0.25, -0.2) is 9.67 Å². The molecule has 0 bridgehead atoms. The van der Waals surface area contributed by atoms with E-state index >= 15 is 0 Å². The van der Waals surface area contributed by atoms with Crippen molar-refractivity contribution in [3.05, 3.63) is 90.1 Å². The lowest BCUT2D eigenvalue weighted by molar-refractivity contribution is 0.0975. The van der Waals surface area contributed by atoms with Crippen molar-refractivity contribution in [3.63, 3.8) is 0 Å². The monoisotopic (exact) mass is 402 g/mol. The Morgan fingerprint density at radius 1 is 1.00 bits per heavy atom. The summed E-state index contributed by atoms with van der Waals surface area (Å²) in [4.78, 5) is 17.6. The number of nitrogens with one attached hydrogen (secondary N) is 1. The number of nitrogens with zero attached hydrogens (tertiary/aromatic N) is 3. The van der Waals surface area contributed by atoms with Crippen molar-refractivity contribution in [1.82, 2.24) is 20.1 Å². The predicted octanol–water partition coefficient (Wildman–Crippen LogP) is 4.87. The van der Waals surface area contributed by atoms with E-state index < -0.39 is 0 Å². The first-order valence-electron chi connectivity index (χ1n) is 9.85. The van der Waals surface area contributed by atoms with Gasteiger partial charge in [0.25, 0.3) is 5.91 Å². The zero-order valence-electron chi connectivity index (χ0n) is 16.8. The van der Waals surface area contributed by atoms with Crippen LogP contribution in [0.1, 0.15) is 15.9 Å². The second kappa shape index (κ2) is 7.43. The molecule has 3 aromatic carbocycles. The number of fused-ring (bicyclic) bond motifs is 2. The van der Waals surface area contributed by atoms with Crippen LogP contribution in [-0.4, -0.2) is 20.7 Å². The van der Waals surface area contributed by atoms with Crippen molar-refractivity contribution in [3.8, 4) is 29.4 Å². The number of terminal acetylenes is 1. The van der Waals surface area contributed by atoms with Crippen LogP contribution in [0.4, 0.5) is 0 Å². The van der Waals surface area contributed by atoms with Gasteiger partial charge in [-0.3, -0.25) is 10.1 Å². The Balaban J connectivity index is 1.76. The van der Waals surface area contributed by atoms with Crippen LogP contribution in [-0.2, 0) is 0 Å². The van der Waals surface area contributed by atoms with Gasteiger partial charge < -0.3 is 0 Å². The molecule has 5 rings (SSSR count). The van der Waals surface area contributed by atoms with E-state index in [-0.39, 0.29) is 5.91 Å². The molecule has 0 saturated heterocycles. The van der Waals surface area contributed by atoms with E-state index in [2.05, 4.69) is 40.7 Å². The molecule has 5 heteroatoms. The quantitative estimate of drug-likeness (QED) is 0.346. The highest BCUT2D eigenvalue weighted by Gasteiger charge is 2.18. The third-order valence-electron chi connectivity index (χ3n) is 5.30. The summed E-state index contributed by atoms with van der Waals surface area (Å²) < 4.78 is 1.74. The van der Waals surface area contributed by atoms with Crippen LogP contribution >= 0.6 is 0 Å². The van der Waals surface area contributed by atoms with Gasteiger partial charge in [0.1, 0.15) is 0 Å². The zero-order valence-corrected chi connectivity index (χ0v) is 16.8. The Kier molecular flexibility index (Phi) is 4.46. The van der Waals surface area contributed by atoms with E-state index in [9.17, 15) is 4.79 Å². The smallest absolute Gasteiger partial charge is 0.263 e. The van der Waals surface area contributed by atoms with Gasteiger partial charge in [-0.15, -0.1) is 0 Å². The van der Waals surface area contributed by atoms with E-state index in [1.54, 1.807) is 16.9 Å². The van der Waals surface area contributed by atoms with Crippen molar-refractivity contribution in [2.24, 2.45) is 0 Å². The third kappa shape index (κ3) is 3.30. The van der Waals surface area contributed by atoms with Crippen LogP contribution < -0.4 is 5.32 Å². The number of carbonyl (C=O) groups excluding carboxylic acids is 1. The molecule has 0 fully saturated rings. The Hall–Kier alpha value is -4.43. The lowest BCUT2D eigenvalue weighted by atomic mass is 10.0. The number of rotatable bonds is 3. The minimum atomic E-state index is -0.361. The van der Waals surface area contributed by atoms with Gasteiger partial charge in [0, 0.05) is 11.6 Å². The maximum absolute atomic E-state index is 12.7. The SMILES string of the molecule is C#CNC(=O)c1cc(-c2ccc3ccccc3c2)nc2c1cnn2-c1ccc(C)cc1. The van der Waals surface area contributed by atoms with Gasteiger partial charge in [0.2, 0.25) is 0 Å². The summed E-state index contributed by atoms with van der Waals surface area (Å²) in [6.45, 7) is 2.03. The molecule has 148 valence electrons. The highest BCUT2D eigenvalue weighted by molar-refractivity contribution is 6.07. The first-order valence-corrected chi connectivity index (χ1v) is 9.85. The summed E-state index contributed by atoms with van der Waals surface area (Å²) >= 11 is 0. The lowest BCUT2D eigenvalue weighted by Crippen LogP contribution is -2.18. The van der Waals surface area contributed by atoms with Crippen molar-refractivity contribution in [1.29, 1.82) is 0 Å². The summed E-state index contributed by atoms with van der Waals surface area (Å²) in [5.41, 5.74) is 4.63. The van der Waals surface area contributed by atoms with Gasteiger partial charge >= 0.3 is 0 Å². The molecule has 1 N–H and O–H groups in total. The molecule has 1 amide bonds. The average molecular weight is 402 g/mol. The Morgan fingerprint density at radius 3 is 2.55 bits per heavy atom.